The molecular formula is C18H18FN3O3. The van der Waals surface area contributed by atoms with Gasteiger partial charge < -0.3 is 10.1 Å². The largest absolute Gasteiger partial charge is 0.481 e. The number of halogens is 1. The molecule has 1 heterocycles. The summed E-state index contributed by atoms with van der Waals surface area (Å²) < 4.78 is 18.7. The van der Waals surface area contributed by atoms with E-state index in [1.165, 1.54) is 12.1 Å². The minimum atomic E-state index is -0.516. The lowest BCUT2D eigenvalue weighted by Gasteiger charge is -2.26. The molecule has 130 valence electrons. The highest BCUT2D eigenvalue weighted by Gasteiger charge is 2.21. The van der Waals surface area contributed by atoms with Crippen molar-refractivity contribution in [3.05, 3.63) is 59.9 Å². The van der Waals surface area contributed by atoms with Gasteiger partial charge in [-0.25, -0.2) is 9.82 Å². The van der Waals surface area contributed by atoms with Crippen LogP contribution in [0, 0.1) is 5.82 Å². The van der Waals surface area contributed by atoms with Crippen LogP contribution in [0.3, 0.4) is 0 Å². The molecule has 3 N–H and O–H groups in total. The number of carbonyl (C=O) groups excluding carboxylic acids is 2. The van der Waals surface area contributed by atoms with Crippen LogP contribution < -0.4 is 20.9 Å². The van der Waals surface area contributed by atoms with Gasteiger partial charge in [-0.1, -0.05) is 30.3 Å². The Kier molecular flexibility index (Phi) is 5.25. The third-order valence-electron chi connectivity index (χ3n) is 3.85. The van der Waals surface area contributed by atoms with E-state index in [-0.39, 0.29) is 24.3 Å². The molecule has 1 unspecified atom stereocenters. The number of anilines is 1. The highest BCUT2D eigenvalue weighted by Crippen LogP contribution is 2.27. The van der Waals surface area contributed by atoms with Crippen LogP contribution >= 0.6 is 0 Å². The van der Waals surface area contributed by atoms with Crippen LogP contribution in [0.2, 0.25) is 0 Å². The van der Waals surface area contributed by atoms with E-state index >= 15 is 0 Å². The Bertz CT molecular complexity index is 772. The van der Waals surface area contributed by atoms with E-state index in [1.54, 1.807) is 24.3 Å². The normalized spacial score (nSPS) is 16.8. The third kappa shape index (κ3) is 4.33. The van der Waals surface area contributed by atoms with Gasteiger partial charge >= 0.3 is 0 Å². The Morgan fingerprint density at radius 2 is 1.96 bits per heavy atom. The summed E-state index contributed by atoms with van der Waals surface area (Å²) in [5.41, 5.74) is 7.01. The van der Waals surface area contributed by atoms with Crippen LogP contribution in [0.15, 0.2) is 48.5 Å². The van der Waals surface area contributed by atoms with Crippen molar-refractivity contribution >= 4 is 17.5 Å². The summed E-state index contributed by atoms with van der Waals surface area (Å²) in [7, 11) is 0. The average molecular weight is 343 g/mol. The molecule has 25 heavy (non-hydrogen) atoms. The van der Waals surface area contributed by atoms with E-state index in [1.807, 2.05) is 12.1 Å². The number of nitrogens with one attached hydrogen (secondary N) is 3. The molecule has 7 heteroatoms. The highest BCUT2D eigenvalue weighted by atomic mass is 19.1. The molecule has 0 aliphatic carbocycles. The van der Waals surface area contributed by atoms with E-state index in [0.717, 1.165) is 5.56 Å². The number of para-hydroxylation sites is 2. The predicted octanol–water partition coefficient (Wildman–Crippen LogP) is 2.30. The second-order valence-electron chi connectivity index (χ2n) is 5.64. The van der Waals surface area contributed by atoms with Gasteiger partial charge in [0.2, 0.25) is 5.91 Å². The molecule has 0 saturated carbocycles. The van der Waals surface area contributed by atoms with Crippen molar-refractivity contribution in [3.8, 4) is 5.75 Å². The summed E-state index contributed by atoms with van der Waals surface area (Å²) in [6.07, 6.45) is 1.04. The topological polar surface area (TPSA) is 79.5 Å². The Morgan fingerprint density at radius 1 is 1.20 bits per heavy atom. The molecule has 0 radical (unpaired) electrons. The first-order valence-electron chi connectivity index (χ1n) is 7.94. The van der Waals surface area contributed by atoms with Crippen molar-refractivity contribution < 1.29 is 18.7 Å². The molecule has 3 rings (SSSR count). The zero-order chi connectivity index (χ0) is 17.6. The molecule has 2 aromatic carbocycles. The monoisotopic (exact) mass is 343 g/mol. The van der Waals surface area contributed by atoms with Crippen LogP contribution in [0.25, 0.3) is 0 Å². The first-order valence-corrected chi connectivity index (χ1v) is 7.94. The molecule has 0 aromatic heterocycles. The number of carbonyl (C=O) groups is 2. The molecular weight excluding hydrogens is 325 g/mol. The fraction of sp³-hybridized carbons (Fsp3) is 0.222. The number of hydrogen-bond acceptors (Lipinski definition) is 4. The Balaban J connectivity index is 1.63. The van der Waals surface area contributed by atoms with E-state index in [0.29, 0.717) is 18.5 Å². The van der Waals surface area contributed by atoms with Gasteiger partial charge in [0.05, 0.1) is 6.04 Å². The second kappa shape index (κ2) is 7.76. The smallest absolute Gasteiger partial charge is 0.262 e. The molecule has 1 saturated heterocycles. The van der Waals surface area contributed by atoms with Crippen LogP contribution in [0.4, 0.5) is 10.1 Å². The van der Waals surface area contributed by atoms with Gasteiger partial charge in [0.15, 0.2) is 18.2 Å². The van der Waals surface area contributed by atoms with Crippen molar-refractivity contribution in [2.45, 2.75) is 18.9 Å². The first-order chi connectivity index (χ1) is 12.1. The molecule has 2 amide bonds. The molecule has 0 spiro atoms. The summed E-state index contributed by atoms with van der Waals surface area (Å²) in [5.74, 6) is -0.938. The minimum absolute atomic E-state index is 0.0302. The maximum absolute atomic E-state index is 13.5. The minimum Gasteiger partial charge on any atom is -0.481 e. The summed E-state index contributed by atoms with van der Waals surface area (Å²) in [4.78, 5) is 23.4. The van der Waals surface area contributed by atoms with E-state index in [2.05, 4.69) is 16.2 Å². The lowest BCUT2D eigenvalue weighted by atomic mass is 9.99. The number of amides is 2. The zero-order valence-electron chi connectivity index (χ0n) is 13.4. The lowest BCUT2D eigenvalue weighted by molar-refractivity contribution is -0.124. The van der Waals surface area contributed by atoms with Gasteiger partial charge in [0.25, 0.3) is 5.91 Å². The van der Waals surface area contributed by atoms with Crippen molar-refractivity contribution in [2.75, 3.05) is 11.9 Å². The molecule has 1 aliphatic rings. The van der Waals surface area contributed by atoms with E-state index in [4.69, 9.17) is 4.74 Å². The summed E-state index contributed by atoms with van der Waals surface area (Å²) in [5, 5.41) is 2.77. The zero-order valence-corrected chi connectivity index (χ0v) is 13.4. The van der Waals surface area contributed by atoms with Crippen LogP contribution in [0.1, 0.15) is 24.4 Å². The van der Waals surface area contributed by atoms with E-state index < -0.39 is 11.7 Å². The number of benzene rings is 2. The summed E-state index contributed by atoms with van der Waals surface area (Å²) >= 11 is 0. The van der Waals surface area contributed by atoms with E-state index in [9.17, 15) is 14.0 Å². The first kappa shape index (κ1) is 16.9. The maximum Gasteiger partial charge on any atom is 0.262 e. The molecule has 1 atom stereocenters. The van der Waals surface area contributed by atoms with Gasteiger partial charge in [-0.05, 0) is 30.2 Å². The molecule has 6 nitrogen and oxygen atoms in total. The van der Waals surface area contributed by atoms with Gasteiger partial charge in [0, 0.05) is 12.1 Å². The van der Waals surface area contributed by atoms with Gasteiger partial charge in [0.1, 0.15) is 0 Å². The van der Waals surface area contributed by atoms with Crippen LogP contribution in [-0.2, 0) is 9.59 Å². The summed E-state index contributed by atoms with van der Waals surface area (Å²) in [6.45, 7) is -0.301. The van der Waals surface area contributed by atoms with Crippen molar-refractivity contribution in [2.24, 2.45) is 0 Å². The number of hydrogen-bond donors (Lipinski definition) is 3. The average Bonchev–Trinajstić information content (AvgIpc) is 2.62. The van der Waals surface area contributed by atoms with Crippen molar-refractivity contribution in [1.82, 2.24) is 10.9 Å². The van der Waals surface area contributed by atoms with Crippen molar-refractivity contribution in [1.29, 1.82) is 0 Å². The molecule has 2 aromatic rings. The number of ether oxygens (including phenoxy) is 1. The fourth-order valence-electron chi connectivity index (χ4n) is 2.62. The van der Waals surface area contributed by atoms with Crippen LogP contribution in [-0.4, -0.2) is 18.4 Å². The fourth-order valence-corrected chi connectivity index (χ4v) is 2.62. The van der Waals surface area contributed by atoms with Gasteiger partial charge in [-0.2, -0.15) is 0 Å². The number of hydrazine groups is 1. The lowest BCUT2D eigenvalue weighted by Crippen LogP contribution is -2.44. The quantitative estimate of drug-likeness (QED) is 0.778. The van der Waals surface area contributed by atoms with Crippen LogP contribution in [0.5, 0.6) is 5.75 Å². The highest BCUT2D eigenvalue weighted by molar-refractivity contribution is 5.92. The summed E-state index contributed by atoms with van der Waals surface area (Å²) in [6, 6.07) is 13.1. The Morgan fingerprint density at radius 3 is 2.72 bits per heavy atom. The molecule has 1 fully saturated rings. The second-order valence-corrected chi connectivity index (χ2v) is 5.64. The third-order valence-corrected chi connectivity index (χ3v) is 3.85. The number of rotatable bonds is 5. The van der Waals surface area contributed by atoms with Gasteiger partial charge in [-0.15, -0.1) is 0 Å². The Labute approximate surface area is 144 Å². The predicted molar refractivity (Wildman–Crippen MR) is 90.2 cm³/mol. The van der Waals surface area contributed by atoms with Gasteiger partial charge in [-0.3, -0.25) is 15.0 Å². The standard InChI is InChI=1S/C18H18FN3O3/c19-13-6-2-4-8-16(13)25-11-18(24)20-14-7-3-1-5-12(14)15-9-10-17(23)22-21-15/h1-8,15,21H,9-11H2,(H,20,24)(H,22,23). The van der Waals surface area contributed by atoms with Crippen molar-refractivity contribution in [3.63, 3.8) is 0 Å². The molecule has 1 aliphatic heterocycles. The molecule has 0 bridgehead atoms. The maximum atomic E-state index is 13.5. The SMILES string of the molecule is O=C1CCC(c2ccccc2NC(=O)COc2ccccc2F)NN1. The Hall–Kier alpha value is -2.93.